The van der Waals surface area contributed by atoms with Crippen LogP contribution in [0.2, 0.25) is 5.02 Å². The number of nitrogens with zero attached hydrogens (tertiary/aromatic N) is 2. The Morgan fingerprint density at radius 2 is 1.94 bits per heavy atom. The molecule has 0 fully saturated rings. The van der Waals surface area contributed by atoms with Gasteiger partial charge in [0.05, 0.1) is 4.47 Å². The number of aromatic nitrogens is 2. The quantitative estimate of drug-likeness (QED) is 0.836. The van der Waals surface area contributed by atoms with Crippen LogP contribution in [0.5, 0.6) is 0 Å². The van der Waals surface area contributed by atoms with Gasteiger partial charge >= 0.3 is 0 Å². The van der Waals surface area contributed by atoms with E-state index in [2.05, 4.69) is 41.8 Å². The predicted octanol–water partition coefficient (Wildman–Crippen LogP) is 3.90. The second kappa shape index (κ2) is 4.69. The van der Waals surface area contributed by atoms with Gasteiger partial charge in [-0.05, 0) is 34.1 Å². The van der Waals surface area contributed by atoms with E-state index in [0.717, 1.165) is 10.0 Å². The van der Waals surface area contributed by atoms with E-state index in [1.807, 2.05) is 6.07 Å². The summed E-state index contributed by atoms with van der Waals surface area (Å²) in [7, 11) is 0. The molecule has 0 saturated heterocycles. The van der Waals surface area contributed by atoms with E-state index >= 15 is 0 Å². The molecule has 0 bridgehead atoms. The van der Waals surface area contributed by atoms with Crippen molar-refractivity contribution in [3.63, 3.8) is 0 Å². The van der Waals surface area contributed by atoms with Crippen LogP contribution in [0.15, 0.2) is 33.3 Å². The summed E-state index contributed by atoms with van der Waals surface area (Å²) < 4.78 is 1.55. The number of rotatable bonds is 1. The first-order chi connectivity index (χ1) is 7.58. The van der Waals surface area contributed by atoms with Crippen molar-refractivity contribution in [1.82, 2.24) is 9.97 Å². The van der Waals surface area contributed by atoms with Crippen LogP contribution in [0, 0.1) is 0 Å². The van der Waals surface area contributed by atoms with Crippen molar-refractivity contribution in [2.24, 2.45) is 0 Å². The summed E-state index contributed by atoms with van der Waals surface area (Å²) in [5.41, 5.74) is 6.51. The molecule has 2 aromatic rings. The Hall–Kier alpha value is -0.650. The molecule has 0 amide bonds. The molecule has 0 spiro atoms. The van der Waals surface area contributed by atoms with E-state index in [1.54, 1.807) is 18.3 Å². The number of benzene rings is 1. The molecule has 0 radical (unpaired) electrons. The van der Waals surface area contributed by atoms with Gasteiger partial charge in [0.15, 0.2) is 5.82 Å². The Labute approximate surface area is 114 Å². The molecule has 16 heavy (non-hydrogen) atoms. The van der Waals surface area contributed by atoms with Crippen LogP contribution in [-0.4, -0.2) is 9.97 Å². The van der Waals surface area contributed by atoms with Crippen LogP contribution in [0.4, 0.5) is 5.82 Å². The minimum absolute atomic E-state index is 0.400. The number of halogens is 3. The molecular weight excluding hydrogens is 357 g/mol. The molecule has 0 atom stereocenters. The summed E-state index contributed by atoms with van der Waals surface area (Å²) in [5, 5.41) is 0.628. The highest BCUT2D eigenvalue weighted by Gasteiger charge is 2.08. The van der Waals surface area contributed by atoms with Crippen LogP contribution in [-0.2, 0) is 0 Å². The van der Waals surface area contributed by atoms with Crippen molar-refractivity contribution in [1.29, 1.82) is 0 Å². The molecule has 0 aliphatic carbocycles. The highest BCUT2D eigenvalue weighted by Crippen LogP contribution is 2.29. The summed E-state index contributed by atoms with van der Waals surface area (Å²) in [6.45, 7) is 0. The van der Waals surface area contributed by atoms with Crippen LogP contribution >= 0.6 is 43.5 Å². The molecule has 0 aliphatic rings. The molecule has 3 nitrogen and oxygen atoms in total. The average molecular weight is 363 g/mol. The zero-order valence-electron chi connectivity index (χ0n) is 7.92. The third-order valence-corrected chi connectivity index (χ3v) is 3.48. The second-order valence-corrected chi connectivity index (χ2v) is 5.20. The maximum Gasteiger partial charge on any atom is 0.162 e. The monoisotopic (exact) mass is 361 g/mol. The van der Waals surface area contributed by atoms with E-state index in [9.17, 15) is 0 Å². The third kappa shape index (κ3) is 2.36. The Morgan fingerprint density at radius 1 is 1.19 bits per heavy atom. The van der Waals surface area contributed by atoms with Gasteiger partial charge in [0.2, 0.25) is 0 Å². The standard InChI is InChI=1S/C10H6Br2ClN3/c11-7-2-1-5(13)3-6(7)10-15-4-8(12)9(14)16-10/h1-4H,(H2,14,15,16). The first kappa shape index (κ1) is 11.8. The highest BCUT2D eigenvalue weighted by molar-refractivity contribution is 9.11. The lowest BCUT2D eigenvalue weighted by Crippen LogP contribution is -1.96. The molecule has 2 N–H and O–H groups in total. The van der Waals surface area contributed by atoms with Crippen molar-refractivity contribution in [2.75, 3.05) is 5.73 Å². The Balaban J connectivity index is 2.58. The Bertz CT molecular complexity index is 546. The van der Waals surface area contributed by atoms with Crippen LogP contribution < -0.4 is 5.73 Å². The van der Waals surface area contributed by atoms with Gasteiger partial charge < -0.3 is 5.73 Å². The largest absolute Gasteiger partial charge is 0.383 e. The van der Waals surface area contributed by atoms with Crippen LogP contribution in [0.1, 0.15) is 0 Å². The van der Waals surface area contributed by atoms with Gasteiger partial charge in [-0.15, -0.1) is 0 Å². The van der Waals surface area contributed by atoms with E-state index in [0.29, 0.717) is 21.1 Å². The fourth-order valence-corrected chi connectivity index (χ4v) is 1.97. The molecule has 1 heterocycles. The van der Waals surface area contributed by atoms with E-state index in [4.69, 9.17) is 17.3 Å². The fourth-order valence-electron chi connectivity index (χ4n) is 1.18. The number of hydrogen-bond acceptors (Lipinski definition) is 3. The lowest BCUT2D eigenvalue weighted by molar-refractivity contribution is 1.17. The third-order valence-electron chi connectivity index (χ3n) is 1.94. The van der Waals surface area contributed by atoms with E-state index in [-0.39, 0.29) is 0 Å². The summed E-state index contributed by atoms with van der Waals surface area (Å²) >= 11 is 12.6. The van der Waals surface area contributed by atoms with Gasteiger partial charge in [0.25, 0.3) is 0 Å². The normalized spacial score (nSPS) is 10.4. The van der Waals surface area contributed by atoms with Crippen LogP contribution in [0.25, 0.3) is 11.4 Å². The minimum Gasteiger partial charge on any atom is -0.383 e. The first-order valence-corrected chi connectivity index (χ1v) is 6.28. The van der Waals surface area contributed by atoms with Gasteiger partial charge in [0, 0.05) is 21.3 Å². The lowest BCUT2D eigenvalue weighted by atomic mass is 10.2. The summed E-state index contributed by atoms with van der Waals surface area (Å²) in [5.74, 6) is 0.937. The lowest BCUT2D eigenvalue weighted by Gasteiger charge is -2.05. The van der Waals surface area contributed by atoms with Gasteiger partial charge in [-0.1, -0.05) is 27.5 Å². The molecular formula is C10H6Br2ClN3. The van der Waals surface area contributed by atoms with Gasteiger partial charge in [0.1, 0.15) is 5.82 Å². The zero-order chi connectivity index (χ0) is 11.7. The molecule has 1 aromatic heterocycles. The number of anilines is 1. The maximum atomic E-state index is 5.92. The second-order valence-electron chi connectivity index (χ2n) is 3.05. The summed E-state index contributed by atoms with van der Waals surface area (Å²) in [6, 6.07) is 5.42. The van der Waals surface area contributed by atoms with E-state index < -0.39 is 0 Å². The van der Waals surface area contributed by atoms with Crippen molar-refractivity contribution in [2.45, 2.75) is 0 Å². The molecule has 82 valence electrons. The Kier molecular flexibility index (Phi) is 3.47. The SMILES string of the molecule is Nc1nc(-c2cc(Cl)ccc2Br)ncc1Br. The average Bonchev–Trinajstić information content (AvgIpc) is 2.26. The smallest absolute Gasteiger partial charge is 0.162 e. The summed E-state index contributed by atoms with van der Waals surface area (Å²) in [4.78, 5) is 8.36. The molecule has 0 unspecified atom stereocenters. The number of nitrogens with two attached hydrogens (primary N) is 1. The van der Waals surface area contributed by atoms with Crippen molar-refractivity contribution in [3.8, 4) is 11.4 Å². The van der Waals surface area contributed by atoms with Crippen molar-refractivity contribution >= 4 is 49.3 Å². The van der Waals surface area contributed by atoms with Crippen LogP contribution in [0.3, 0.4) is 0 Å². The van der Waals surface area contributed by atoms with Gasteiger partial charge in [-0.2, -0.15) is 0 Å². The summed E-state index contributed by atoms with van der Waals surface area (Å²) in [6.07, 6.45) is 1.62. The number of nitrogen functional groups attached to an aromatic ring is 1. The van der Waals surface area contributed by atoms with Crippen molar-refractivity contribution in [3.05, 3.63) is 38.4 Å². The molecule has 0 saturated carbocycles. The van der Waals surface area contributed by atoms with E-state index in [1.165, 1.54) is 0 Å². The molecule has 0 aliphatic heterocycles. The maximum absolute atomic E-state index is 5.92. The predicted molar refractivity (Wildman–Crippen MR) is 72.3 cm³/mol. The van der Waals surface area contributed by atoms with Crippen molar-refractivity contribution < 1.29 is 0 Å². The fraction of sp³-hybridized carbons (Fsp3) is 0. The van der Waals surface area contributed by atoms with Gasteiger partial charge in [-0.25, -0.2) is 9.97 Å². The Morgan fingerprint density at radius 3 is 2.62 bits per heavy atom. The molecule has 1 aromatic carbocycles. The molecule has 6 heteroatoms. The zero-order valence-corrected chi connectivity index (χ0v) is 11.8. The highest BCUT2D eigenvalue weighted by atomic mass is 79.9. The minimum atomic E-state index is 0.400. The number of hydrogen-bond donors (Lipinski definition) is 1. The molecule has 2 rings (SSSR count). The topological polar surface area (TPSA) is 51.8 Å². The van der Waals surface area contributed by atoms with Gasteiger partial charge in [-0.3, -0.25) is 0 Å². The first-order valence-electron chi connectivity index (χ1n) is 4.31.